The standard InChI is InChI=1S/C20H22N2O2/c1-15-9-10-16(2)19(13-15)24-14-20(23)22-21-17(3)11-12-18-7-5-4-6-8-18/h4-13H,14H2,1-3H3,(H,22,23). The molecular weight excluding hydrogens is 300 g/mol. The van der Waals surface area contributed by atoms with Crippen molar-refractivity contribution in [3.8, 4) is 5.75 Å². The highest BCUT2D eigenvalue weighted by Gasteiger charge is 2.04. The first kappa shape index (κ1) is 17.5. The molecular formula is C20H22N2O2. The number of hydrogen-bond acceptors (Lipinski definition) is 3. The minimum atomic E-state index is -0.289. The number of benzene rings is 2. The predicted octanol–water partition coefficient (Wildman–Crippen LogP) is 3.89. The number of hydrogen-bond donors (Lipinski definition) is 1. The lowest BCUT2D eigenvalue weighted by atomic mass is 10.1. The highest BCUT2D eigenvalue weighted by molar-refractivity contribution is 5.97. The van der Waals surface area contributed by atoms with Crippen molar-refractivity contribution < 1.29 is 9.53 Å². The Bertz CT molecular complexity index is 749. The first-order valence-electron chi connectivity index (χ1n) is 7.81. The molecule has 0 aliphatic rings. The summed E-state index contributed by atoms with van der Waals surface area (Å²) in [5, 5.41) is 4.04. The molecule has 0 heterocycles. The van der Waals surface area contributed by atoms with Crippen molar-refractivity contribution in [1.29, 1.82) is 0 Å². The van der Waals surface area contributed by atoms with E-state index in [1.165, 1.54) is 0 Å². The fourth-order valence-electron chi connectivity index (χ4n) is 2.01. The summed E-state index contributed by atoms with van der Waals surface area (Å²) in [6.07, 6.45) is 3.79. The third-order valence-corrected chi connectivity index (χ3v) is 3.38. The van der Waals surface area contributed by atoms with Crippen LogP contribution in [0.15, 0.2) is 59.7 Å². The van der Waals surface area contributed by atoms with Crippen LogP contribution in [-0.4, -0.2) is 18.2 Å². The molecule has 0 aliphatic heterocycles. The van der Waals surface area contributed by atoms with Crippen LogP contribution in [-0.2, 0) is 4.79 Å². The van der Waals surface area contributed by atoms with Gasteiger partial charge in [0.25, 0.3) is 5.91 Å². The Labute approximate surface area is 142 Å². The molecule has 1 N–H and O–H groups in total. The summed E-state index contributed by atoms with van der Waals surface area (Å²) < 4.78 is 5.54. The van der Waals surface area contributed by atoms with Crippen molar-refractivity contribution in [2.45, 2.75) is 20.8 Å². The van der Waals surface area contributed by atoms with E-state index in [4.69, 9.17) is 4.74 Å². The van der Waals surface area contributed by atoms with E-state index in [2.05, 4.69) is 10.5 Å². The average molecular weight is 322 g/mol. The van der Waals surface area contributed by atoms with Gasteiger partial charge in [-0.05, 0) is 49.6 Å². The highest BCUT2D eigenvalue weighted by Crippen LogP contribution is 2.18. The fraction of sp³-hybridized carbons (Fsp3) is 0.200. The molecule has 0 atom stereocenters. The van der Waals surface area contributed by atoms with E-state index < -0.39 is 0 Å². The summed E-state index contributed by atoms with van der Waals surface area (Å²) in [6, 6.07) is 15.8. The van der Waals surface area contributed by atoms with Crippen LogP contribution in [0.25, 0.3) is 6.08 Å². The van der Waals surface area contributed by atoms with Crippen molar-refractivity contribution in [3.63, 3.8) is 0 Å². The third kappa shape index (κ3) is 5.72. The zero-order chi connectivity index (χ0) is 17.4. The number of aryl methyl sites for hydroxylation is 2. The number of carbonyl (C=O) groups excluding carboxylic acids is 1. The average Bonchev–Trinajstić information content (AvgIpc) is 2.59. The Morgan fingerprint density at radius 3 is 2.67 bits per heavy atom. The van der Waals surface area contributed by atoms with Gasteiger partial charge in [-0.1, -0.05) is 48.5 Å². The molecule has 2 aromatic rings. The van der Waals surface area contributed by atoms with Gasteiger partial charge in [-0.3, -0.25) is 4.79 Å². The van der Waals surface area contributed by atoms with Crippen LogP contribution in [0.4, 0.5) is 0 Å². The van der Waals surface area contributed by atoms with E-state index in [9.17, 15) is 4.79 Å². The van der Waals surface area contributed by atoms with Crippen LogP contribution in [0.5, 0.6) is 5.75 Å². The molecule has 1 amide bonds. The normalized spacial score (nSPS) is 11.5. The second kappa shape index (κ2) is 8.67. The van der Waals surface area contributed by atoms with Crippen LogP contribution in [0.3, 0.4) is 0 Å². The Morgan fingerprint density at radius 1 is 1.17 bits per heavy atom. The van der Waals surface area contributed by atoms with Crippen molar-refractivity contribution in [1.82, 2.24) is 5.43 Å². The van der Waals surface area contributed by atoms with Crippen molar-refractivity contribution in [2.75, 3.05) is 6.61 Å². The third-order valence-electron chi connectivity index (χ3n) is 3.38. The molecule has 0 saturated heterocycles. The number of nitrogens with zero attached hydrogens (tertiary/aromatic N) is 1. The second-order valence-corrected chi connectivity index (χ2v) is 5.59. The lowest BCUT2D eigenvalue weighted by molar-refractivity contribution is -0.123. The second-order valence-electron chi connectivity index (χ2n) is 5.59. The molecule has 124 valence electrons. The molecule has 4 heteroatoms. The van der Waals surface area contributed by atoms with Gasteiger partial charge in [-0.15, -0.1) is 0 Å². The van der Waals surface area contributed by atoms with Gasteiger partial charge in [-0.25, -0.2) is 5.43 Å². The summed E-state index contributed by atoms with van der Waals surface area (Å²) in [4.78, 5) is 11.8. The van der Waals surface area contributed by atoms with Crippen LogP contribution in [0.1, 0.15) is 23.6 Å². The summed E-state index contributed by atoms with van der Waals surface area (Å²) in [5.74, 6) is 0.429. The number of amides is 1. The number of rotatable bonds is 6. The van der Waals surface area contributed by atoms with Gasteiger partial charge >= 0.3 is 0 Å². The summed E-state index contributed by atoms with van der Waals surface area (Å²) in [6.45, 7) is 5.69. The molecule has 2 rings (SSSR count). The molecule has 2 aromatic carbocycles. The van der Waals surface area contributed by atoms with E-state index in [0.29, 0.717) is 5.71 Å². The predicted molar refractivity (Wildman–Crippen MR) is 98.1 cm³/mol. The van der Waals surface area contributed by atoms with Gasteiger partial charge in [0.05, 0.1) is 5.71 Å². The van der Waals surface area contributed by atoms with Crippen molar-refractivity contribution in [2.24, 2.45) is 5.10 Å². The largest absolute Gasteiger partial charge is 0.483 e. The Balaban J connectivity index is 1.83. The van der Waals surface area contributed by atoms with Crippen LogP contribution in [0.2, 0.25) is 0 Å². The molecule has 4 nitrogen and oxygen atoms in total. The van der Waals surface area contributed by atoms with Gasteiger partial charge in [-0.2, -0.15) is 5.10 Å². The van der Waals surface area contributed by atoms with E-state index in [0.717, 1.165) is 22.4 Å². The van der Waals surface area contributed by atoms with Crippen LogP contribution in [0, 0.1) is 13.8 Å². The Kier molecular flexibility index (Phi) is 6.32. The molecule has 0 aromatic heterocycles. The number of nitrogens with one attached hydrogen (secondary N) is 1. The minimum absolute atomic E-state index is 0.0660. The minimum Gasteiger partial charge on any atom is -0.483 e. The fourth-order valence-corrected chi connectivity index (χ4v) is 2.01. The number of ether oxygens (including phenoxy) is 1. The highest BCUT2D eigenvalue weighted by atomic mass is 16.5. The topological polar surface area (TPSA) is 50.7 Å². The first-order valence-corrected chi connectivity index (χ1v) is 7.81. The Hall–Kier alpha value is -2.88. The maximum Gasteiger partial charge on any atom is 0.277 e. The van der Waals surface area contributed by atoms with Crippen LogP contribution < -0.4 is 10.2 Å². The number of carbonyl (C=O) groups is 1. The van der Waals surface area contributed by atoms with Gasteiger partial charge in [0, 0.05) is 0 Å². The molecule has 0 unspecified atom stereocenters. The lowest BCUT2D eigenvalue weighted by Gasteiger charge is -2.09. The van der Waals surface area contributed by atoms with Crippen LogP contribution >= 0.6 is 0 Å². The molecule has 24 heavy (non-hydrogen) atoms. The maximum absolute atomic E-state index is 11.8. The lowest BCUT2D eigenvalue weighted by Crippen LogP contribution is -2.25. The van der Waals surface area contributed by atoms with Gasteiger partial charge in [0.2, 0.25) is 0 Å². The smallest absolute Gasteiger partial charge is 0.277 e. The Morgan fingerprint density at radius 2 is 1.92 bits per heavy atom. The summed E-state index contributed by atoms with van der Waals surface area (Å²) in [7, 11) is 0. The number of hydrazone groups is 1. The zero-order valence-electron chi connectivity index (χ0n) is 14.2. The SMILES string of the molecule is CC(C=Cc1ccccc1)=NNC(=O)COc1cc(C)ccc1C. The van der Waals surface area contributed by atoms with E-state index in [1.54, 1.807) is 0 Å². The molecule has 0 aliphatic carbocycles. The van der Waals surface area contributed by atoms with E-state index >= 15 is 0 Å². The molecule has 0 bridgehead atoms. The van der Waals surface area contributed by atoms with Gasteiger partial charge in [0.15, 0.2) is 6.61 Å². The summed E-state index contributed by atoms with van der Waals surface area (Å²) in [5.41, 5.74) is 6.38. The van der Waals surface area contributed by atoms with Crippen molar-refractivity contribution in [3.05, 3.63) is 71.3 Å². The number of allylic oxidation sites excluding steroid dienone is 1. The zero-order valence-corrected chi connectivity index (χ0v) is 14.2. The van der Waals surface area contributed by atoms with E-state index in [1.807, 2.05) is 81.5 Å². The monoisotopic (exact) mass is 322 g/mol. The molecule has 0 spiro atoms. The van der Waals surface area contributed by atoms with Crippen molar-refractivity contribution >= 4 is 17.7 Å². The quantitative estimate of drug-likeness (QED) is 0.648. The first-order chi connectivity index (χ1) is 11.5. The molecule has 0 fully saturated rings. The van der Waals surface area contributed by atoms with Gasteiger partial charge < -0.3 is 4.74 Å². The van der Waals surface area contributed by atoms with E-state index in [-0.39, 0.29) is 12.5 Å². The molecule has 0 radical (unpaired) electrons. The maximum atomic E-state index is 11.8. The van der Waals surface area contributed by atoms with Gasteiger partial charge in [0.1, 0.15) is 5.75 Å². The summed E-state index contributed by atoms with van der Waals surface area (Å²) >= 11 is 0. The molecule has 0 saturated carbocycles.